The van der Waals surface area contributed by atoms with Gasteiger partial charge in [0, 0.05) is 10.4 Å². The summed E-state index contributed by atoms with van der Waals surface area (Å²) in [6, 6.07) is 7.74. The Kier molecular flexibility index (Phi) is 5.47. The summed E-state index contributed by atoms with van der Waals surface area (Å²) in [6.45, 7) is 3.97. The van der Waals surface area contributed by atoms with Crippen molar-refractivity contribution >= 4 is 33.4 Å². The highest BCUT2D eigenvalue weighted by Gasteiger charge is 2.22. The highest BCUT2D eigenvalue weighted by atomic mass is 79.9. The highest BCUT2D eigenvalue weighted by molar-refractivity contribution is 9.10. The Hall–Kier alpha value is -0.540. The van der Waals surface area contributed by atoms with Gasteiger partial charge in [0.05, 0.1) is 12.0 Å². The largest absolute Gasteiger partial charge is 0.349 e. The van der Waals surface area contributed by atoms with Crippen molar-refractivity contribution in [1.29, 1.82) is 0 Å². The van der Waals surface area contributed by atoms with Crippen LogP contribution in [0, 0.1) is 0 Å². The van der Waals surface area contributed by atoms with E-state index in [9.17, 15) is 4.79 Å². The second-order valence-corrected chi connectivity index (χ2v) is 5.58. The van der Waals surface area contributed by atoms with E-state index in [0.29, 0.717) is 12.3 Å². The van der Waals surface area contributed by atoms with Gasteiger partial charge in [0.25, 0.3) is 0 Å². The number of amides is 1. The normalized spacial score (nSPS) is 14.1. The lowest BCUT2D eigenvalue weighted by atomic mass is 10.0. The van der Waals surface area contributed by atoms with Gasteiger partial charge in [-0.15, -0.1) is 11.6 Å². The fourth-order valence-corrected chi connectivity index (χ4v) is 1.90. The van der Waals surface area contributed by atoms with Crippen LogP contribution in [-0.2, 0) is 11.2 Å². The molecule has 0 aromatic heterocycles. The van der Waals surface area contributed by atoms with Crippen LogP contribution in [0.2, 0.25) is 0 Å². The van der Waals surface area contributed by atoms with E-state index in [2.05, 4.69) is 21.2 Å². The number of nitrogens with one attached hydrogen (secondary N) is 1. The average molecular weight is 319 g/mol. The summed E-state index contributed by atoms with van der Waals surface area (Å²) in [6.07, 6.45) is 1.21. The molecule has 1 rings (SSSR count). The van der Waals surface area contributed by atoms with Gasteiger partial charge in [-0.05, 0) is 31.0 Å². The van der Waals surface area contributed by atoms with Gasteiger partial charge in [-0.3, -0.25) is 4.79 Å². The van der Waals surface area contributed by atoms with Crippen LogP contribution < -0.4 is 5.32 Å². The Bertz CT molecular complexity index is 374. The van der Waals surface area contributed by atoms with E-state index in [1.54, 1.807) is 0 Å². The SMILES string of the molecule is CCC(C)(CCl)NC(=O)Cc1ccc(Br)cc1. The third kappa shape index (κ3) is 4.68. The quantitative estimate of drug-likeness (QED) is 0.827. The third-order valence-electron chi connectivity index (χ3n) is 2.79. The maximum atomic E-state index is 11.8. The molecule has 0 spiro atoms. The van der Waals surface area contributed by atoms with Crippen LogP contribution in [0.4, 0.5) is 0 Å². The number of alkyl halides is 1. The minimum Gasteiger partial charge on any atom is -0.349 e. The molecular formula is C13H17BrClNO. The first-order valence-electron chi connectivity index (χ1n) is 5.60. The van der Waals surface area contributed by atoms with Gasteiger partial charge >= 0.3 is 0 Å². The summed E-state index contributed by atoms with van der Waals surface area (Å²) < 4.78 is 1.01. The number of halogens is 2. The molecule has 0 saturated carbocycles. The van der Waals surface area contributed by atoms with E-state index >= 15 is 0 Å². The van der Waals surface area contributed by atoms with Gasteiger partial charge < -0.3 is 5.32 Å². The predicted molar refractivity (Wildman–Crippen MR) is 75.4 cm³/mol. The van der Waals surface area contributed by atoms with Crippen molar-refractivity contribution in [3.8, 4) is 0 Å². The van der Waals surface area contributed by atoms with Gasteiger partial charge in [0.1, 0.15) is 0 Å². The first-order valence-corrected chi connectivity index (χ1v) is 6.93. The summed E-state index contributed by atoms with van der Waals surface area (Å²) >= 11 is 9.22. The van der Waals surface area contributed by atoms with Crippen molar-refractivity contribution in [2.45, 2.75) is 32.2 Å². The minimum atomic E-state index is -0.312. The van der Waals surface area contributed by atoms with E-state index < -0.39 is 0 Å². The third-order valence-corrected chi connectivity index (χ3v) is 3.91. The van der Waals surface area contributed by atoms with Gasteiger partial charge in [-0.25, -0.2) is 0 Å². The molecule has 1 aromatic rings. The van der Waals surface area contributed by atoms with E-state index in [1.165, 1.54) is 0 Å². The first-order chi connectivity index (χ1) is 7.99. The maximum absolute atomic E-state index is 11.8. The van der Waals surface area contributed by atoms with Crippen molar-refractivity contribution < 1.29 is 4.79 Å². The molecule has 0 aliphatic rings. The van der Waals surface area contributed by atoms with Crippen LogP contribution in [0.3, 0.4) is 0 Å². The molecule has 0 fully saturated rings. The molecule has 1 atom stereocenters. The number of benzene rings is 1. The predicted octanol–water partition coefficient (Wildman–Crippen LogP) is 3.52. The lowest BCUT2D eigenvalue weighted by Gasteiger charge is -2.27. The maximum Gasteiger partial charge on any atom is 0.224 e. The molecule has 94 valence electrons. The minimum absolute atomic E-state index is 0.0114. The Morgan fingerprint density at radius 2 is 2.00 bits per heavy atom. The Morgan fingerprint density at radius 3 is 2.47 bits per heavy atom. The number of carbonyl (C=O) groups is 1. The van der Waals surface area contributed by atoms with Crippen LogP contribution in [-0.4, -0.2) is 17.3 Å². The van der Waals surface area contributed by atoms with Crippen molar-refractivity contribution in [2.24, 2.45) is 0 Å². The van der Waals surface area contributed by atoms with Crippen LogP contribution in [0.25, 0.3) is 0 Å². The topological polar surface area (TPSA) is 29.1 Å². The van der Waals surface area contributed by atoms with Gasteiger partial charge in [0.15, 0.2) is 0 Å². The second-order valence-electron chi connectivity index (χ2n) is 4.40. The number of carbonyl (C=O) groups excluding carboxylic acids is 1. The molecule has 0 bridgehead atoms. The van der Waals surface area contributed by atoms with Crippen LogP contribution in [0.5, 0.6) is 0 Å². The smallest absolute Gasteiger partial charge is 0.224 e. The Labute approximate surface area is 116 Å². The zero-order chi connectivity index (χ0) is 12.9. The Morgan fingerprint density at radius 1 is 1.41 bits per heavy atom. The summed E-state index contributed by atoms with van der Waals surface area (Å²) in [4.78, 5) is 11.8. The summed E-state index contributed by atoms with van der Waals surface area (Å²) in [7, 11) is 0. The van der Waals surface area contributed by atoms with Crippen molar-refractivity contribution in [3.63, 3.8) is 0 Å². The molecule has 1 unspecified atom stereocenters. The molecule has 0 heterocycles. The van der Waals surface area contributed by atoms with Gasteiger partial charge in [0.2, 0.25) is 5.91 Å². The van der Waals surface area contributed by atoms with E-state index in [1.807, 2.05) is 38.1 Å². The van der Waals surface area contributed by atoms with E-state index in [0.717, 1.165) is 16.5 Å². The van der Waals surface area contributed by atoms with Crippen LogP contribution in [0.1, 0.15) is 25.8 Å². The van der Waals surface area contributed by atoms with Crippen molar-refractivity contribution in [1.82, 2.24) is 5.32 Å². The highest BCUT2D eigenvalue weighted by Crippen LogP contribution is 2.13. The van der Waals surface area contributed by atoms with E-state index in [-0.39, 0.29) is 11.4 Å². The standard InChI is InChI=1S/C13H17BrClNO/c1-3-13(2,9-15)16-12(17)8-10-4-6-11(14)7-5-10/h4-7H,3,8-9H2,1-2H3,(H,16,17). The second kappa shape index (κ2) is 6.41. The summed E-state index contributed by atoms with van der Waals surface area (Å²) in [5.41, 5.74) is 0.687. The van der Waals surface area contributed by atoms with Crippen LogP contribution in [0.15, 0.2) is 28.7 Å². The molecule has 0 saturated heterocycles. The monoisotopic (exact) mass is 317 g/mol. The van der Waals surface area contributed by atoms with Gasteiger partial charge in [-0.2, -0.15) is 0 Å². The molecule has 17 heavy (non-hydrogen) atoms. The lowest BCUT2D eigenvalue weighted by Crippen LogP contribution is -2.47. The van der Waals surface area contributed by atoms with Crippen molar-refractivity contribution in [2.75, 3.05) is 5.88 Å². The summed E-state index contributed by atoms with van der Waals surface area (Å²) in [5.74, 6) is 0.438. The molecule has 4 heteroatoms. The summed E-state index contributed by atoms with van der Waals surface area (Å²) in [5, 5.41) is 2.97. The fourth-order valence-electron chi connectivity index (χ4n) is 1.38. The first kappa shape index (κ1) is 14.5. The molecule has 0 aliphatic heterocycles. The number of hydrogen-bond acceptors (Lipinski definition) is 1. The zero-order valence-corrected chi connectivity index (χ0v) is 12.4. The molecular weight excluding hydrogens is 302 g/mol. The molecule has 0 radical (unpaired) electrons. The number of hydrogen-bond donors (Lipinski definition) is 1. The fraction of sp³-hybridized carbons (Fsp3) is 0.462. The Balaban J connectivity index is 2.58. The lowest BCUT2D eigenvalue weighted by molar-refractivity contribution is -0.122. The zero-order valence-electron chi connectivity index (χ0n) is 10.1. The molecule has 1 aromatic carbocycles. The molecule has 2 nitrogen and oxygen atoms in total. The van der Waals surface area contributed by atoms with Crippen LogP contribution >= 0.6 is 27.5 Å². The van der Waals surface area contributed by atoms with Crippen molar-refractivity contribution in [3.05, 3.63) is 34.3 Å². The molecule has 0 aliphatic carbocycles. The van der Waals surface area contributed by atoms with E-state index in [4.69, 9.17) is 11.6 Å². The number of rotatable bonds is 5. The van der Waals surface area contributed by atoms with Gasteiger partial charge in [-0.1, -0.05) is 35.0 Å². The molecule has 1 N–H and O–H groups in total. The molecule has 1 amide bonds. The average Bonchev–Trinajstić information content (AvgIpc) is 2.32.